The molecule has 4 nitrogen and oxygen atoms in total. The third-order valence-electron chi connectivity index (χ3n) is 4.25. The summed E-state index contributed by atoms with van der Waals surface area (Å²) in [6.45, 7) is 0. The predicted octanol–water partition coefficient (Wildman–Crippen LogP) is 2.93. The Morgan fingerprint density at radius 2 is 1.86 bits per heavy atom. The minimum Gasteiger partial charge on any atom is -0.309 e. The third-order valence-corrected chi connectivity index (χ3v) is 4.25. The summed E-state index contributed by atoms with van der Waals surface area (Å²) in [7, 11) is 1.85. The highest BCUT2D eigenvalue weighted by atomic mass is 16.2. The Bertz CT molecular complexity index is 615. The summed E-state index contributed by atoms with van der Waals surface area (Å²) < 4.78 is 0. The average Bonchev–Trinajstić information content (AvgIpc) is 2.75. The van der Waals surface area contributed by atoms with Crippen molar-refractivity contribution in [2.24, 2.45) is 0 Å². The van der Waals surface area contributed by atoms with E-state index < -0.39 is 0 Å². The van der Waals surface area contributed by atoms with Crippen molar-refractivity contribution in [2.45, 2.75) is 31.3 Å². The van der Waals surface area contributed by atoms with Crippen LogP contribution < -0.4 is 10.2 Å². The molecular formula is C18H21N3O. The molecule has 1 aliphatic rings. The molecule has 22 heavy (non-hydrogen) atoms. The molecule has 1 aromatic carbocycles. The van der Waals surface area contributed by atoms with Crippen molar-refractivity contribution >= 4 is 11.7 Å². The fourth-order valence-corrected chi connectivity index (χ4v) is 3.12. The quantitative estimate of drug-likeness (QED) is 0.947. The zero-order valence-corrected chi connectivity index (χ0v) is 12.8. The summed E-state index contributed by atoms with van der Waals surface area (Å²) in [5, 5.41) is 3.15. The Kier molecular flexibility index (Phi) is 4.49. The number of likely N-dealkylation sites (N-methyl/N-ethyl adjacent to an activating group) is 1. The number of carbonyl (C=O) groups is 1. The molecule has 2 atom stereocenters. The third kappa shape index (κ3) is 2.88. The Morgan fingerprint density at radius 3 is 2.55 bits per heavy atom. The highest BCUT2D eigenvalue weighted by Gasteiger charge is 2.34. The minimum absolute atomic E-state index is 0.0435. The number of carbonyl (C=O) groups excluding carboxylic acids is 1. The van der Waals surface area contributed by atoms with Gasteiger partial charge in [0.05, 0.1) is 12.1 Å². The normalized spacial score (nSPS) is 22.4. The number of amides is 1. The highest BCUT2D eigenvalue weighted by molar-refractivity contribution is 5.97. The van der Waals surface area contributed by atoms with E-state index in [2.05, 4.69) is 22.4 Å². The van der Waals surface area contributed by atoms with Crippen molar-refractivity contribution in [2.75, 3.05) is 11.9 Å². The summed E-state index contributed by atoms with van der Waals surface area (Å²) in [4.78, 5) is 19.3. The molecule has 114 valence electrons. The van der Waals surface area contributed by atoms with Crippen LogP contribution in [0.25, 0.3) is 0 Å². The fraction of sp³-hybridized carbons (Fsp3) is 0.333. The van der Waals surface area contributed by atoms with Crippen LogP contribution in [0, 0.1) is 0 Å². The van der Waals surface area contributed by atoms with Crippen LogP contribution in [-0.2, 0) is 4.79 Å². The lowest BCUT2D eigenvalue weighted by Crippen LogP contribution is -2.45. The second kappa shape index (κ2) is 6.71. The van der Waals surface area contributed by atoms with E-state index in [0.29, 0.717) is 0 Å². The number of nitrogens with zero attached hydrogens (tertiary/aromatic N) is 2. The highest BCUT2D eigenvalue weighted by Crippen LogP contribution is 2.33. The average molecular weight is 295 g/mol. The topological polar surface area (TPSA) is 45.2 Å². The number of aromatic nitrogens is 1. The molecule has 1 aromatic heterocycles. The van der Waals surface area contributed by atoms with E-state index in [1.807, 2.05) is 48.3 Å². The van der Waals surface area contributed by atoms with Gasteiger partial charge >= 0.3 is 0 Å². The summed E-state index contributed by atoms with van der Waals surface area (Å²) in [5.74, 6) is 0.830. The predicted molar refractivity (Wildman–Crippen MR) is 87.6 cm³/mol. The molecule has 0 spiro atoms. The number of pyridine rings is 1. The van der Waals surface area contributed by atoms with Crippen LogP contribution in [0.3, 0.4) is 0 Å². The molecule has 2 unspecified atom stereocenters. The van der Waals surface area contributed by atoms with Gasteiger partial charge < -0.3 is 5.32 Å². The number of nitrogens with one attached hydrogen (secondary N) is 1. The van der Waals surface area contributed by atoms with E-state index in [1.165, 1.54) is 5.56 Å². The van der Waals surface area contributed by atoms with Crippen molar-refractivity contribution in [3.05, 3.63) is 60.3 Å². The smallest absolute Gasteiger partial charge is 0.245 e. The lowest BCUT2D eigenvalue weighted by atomic mass is 10.0. The van der Waals surface area contributed by atoms with Gasteiger partial charge in [0.2, 0.25) is 5.91 Å². The van der Waals surface area contributed by atoms with E-state index in [4.69, 9.17) is 0 Å². The van der Waals surface area contributed by atoms with Gasteiger partial charge in [-0.15, -0.1) is 0 Å². The van der Waals surface area contributed by atoms with Gasteiger partial charge in [0.1, 0.15) is 5.82 Å². The first-order chi connectivity index (χ1) is 10.8. The maximum Gasteiger partial charge on any atom is 0.245 e. The van der Waals surface area contributed by atoms with Crippen LogP contribution in [0.1, 0.15) is 30.9 Å². The van der Waals surface area contributed by atoms with Gasteiger partial charge in [-0.05, 0) is 44.0 Å². The minimum atomic E-state index is -0.143. The largest absolute Gasteiger partial charge is 0.309 e. The number of hydrogen-bond acceptors (Lipinski definition) is 3. The van der Waals surface area contributed by atoms with E-state index >= 15 is 0 Å². The van der Waals surface area contributed by atoms with Gasteiger partial charge in [-0.3, -0.25) is 9.69 Å². The van der Waals surface area contributed by atoms with Gasteiger partial charge in [0.15, 0.2) is 0 Å². The van der Waals surface area contributed by atoms with Crippen molar-refractivity contribution < 1.29 is 4.79 Å². The Morgan fingerprint density at radius 1 is 1.09 bits per heavy atom. The molecule has 2 heterocycles. The Labute approximate surface area is 131 Å². The molecule has 2 aromatic rings. The van der Waals surface area contributed by atoms with E-state index in [1.54, 1.807) is 6.20 Å². The molecule has 1 aliphatic heterocycles. The molecule has 1 N–H and O–H groups in total. The molecule has 0 bridgehead atoms. The standard InChI is InChI=1S/C18H21N3O/c1-19-15-10-7-11-16(14-8-3-2-4-9-14)21(18(15)22)17-12-5-6-13-20-17/h2-6,8-9,12-13,15-16,19H,7,10-11H2,1H3. The number of rotatable bonds is 3. The molecule has 1 fully saturated rings. The summed E-state index contributed by atoms with van der Waals surface area (Å²) in [6.07, 6.45) is 4.57. The first-order valence-corrected chi connectivity index (χ1v) is 7.77. The second-order valence-electron chi connectivity index (χ2n) is 5.59. The summed E-state index contributed by atoms with van der Waals surface area (Å²) in [6, 6.07) is 15.8. The Balaban J connectivity index is 2.04. The molecule has 1 saturated heterocycles. The van der Waals surface area contributed by atoms with Crippen LogP contribution in [0.2, 0.25) is 0 Å². The fourth-order valence-electron chi connectivity index (χ4n) is 3.12. The van der Waals surface area contributed by atoms with Gasteiger partial charge in [-0.2, -0.15) is 0 Å². The molecule has 0 aliphatic carbocycles. The van der Waals surface area contributed by atoms with E-state index in [-0.39, 0.29) is 18.0 Å². The summed E-state index contributed by atoms with van der Waals surface area (Å²) >= 11 is 0. The zero-order valence-electron chi connectivity index (χ0n) is 12.8. The first-order valence-electron chi connectivity index (χ1n) is 7.77. The molecule has 4 heteroatoms. The Hall–Kier alpha value is -2.20. The molecular weight excluding hydrogens is 274 g/mol. The summed E-state index contributed by atoms with van der Waals surface area (Å²) in [5.41, 5.74) is 1.17. The monoisotopic (exact) mass is 295 g/mol. The van der Waals surface area contributed by atoms with Crippen molar-refractivity contribution in [3.63, 3.8) is 0 Å². The van der Waals surface area contributed by atoms with Crippen molar-refractivity contribution in [1.29, 1.82) is 0 Å². The van der Waals surface area contributed by atoms with Crippen LogP contribution in [0.5, 0.6) is 0 Å². The lowest BCUT2D eigenvalue weighted by molar-refractivity contribution is -0.120. The maximum atomic E-state index is 13.0. The van der Waals surface area contributed by atoms with Crippen molar-refractivity contribution in [1.82, 2.24) is 10.3 Å². The molecule has 1 amide bonds. The number of anilines is 1. The maximum absolute atomic E-state index is 13.0. The van der Waals surface area contributed by atoms with Gasteiger partial charge in [-0.1, -0.05) is 36.4 Å². The van der Waals surface area contributed by atoms with Crippen LogP contribution in [0.15, 0.2) is 54.7 Å². The van der Waals surface area contributed by atoms with Gasteiger partial charge in [0.25, 0.3) is 0 Å². The molecule has 3 rings (SSSR count). The SMILES string of the molecule is CNC1CCCC(c2ccccc2)N(c2ccccn2)C1=O. The second-order valence-corrected chi connectivity index (χ2v) is 5.59. The number of benzene rings is 1. The lowest BCUT2D eigenvalue weighted by Gasteiger charge is -2.31. The van der Waals surface area contributed by atoms with Gasteiger partial charge in [0, 0.05) is 6.20 Å². The van der Waals surface area contributed by atoms with Crippen molar-refractivity contribution in [3.8, 4) is 0 Å². The van der Waals surface area contributed by atoms with Crippen LogP contribution >= 0.6 is 0 Å². The van der Waals surface area contributed by atoms with Gasteiger partial charge in [-0.25, -0.2) is 4.98 Å². The van der Waals surface area contributed by atoms with E-state index in [9.17, 15) is 4.79 Å². The van der Waals surface area contributed by atoms with E-state index in [0.717, 1.165) is 25.1 Å². The number of hydrogen-bond donors (Lipinski definition) is 1. The molecule has 0 saturated carbocycles. The molecule has 0 radical (unpaired) electrons. The van der Waals surface area contributed by atoms with Crippen LogP contribution in [-0.4, -0.2) is 24.0 Å². The zero-order chi connectivity index (χ0) is 15.4. The first kappa shape index (κ1) is 14.7. The van der Waals surface area contributed by atoms with Crippen LogP contribution in [0.4, 0.5) is 5.82 Å².